The van der Waals surface area contributed by atoms with Crippen LogP contribution in [0.2, 0.25) is 0 Å². The van der Waals surface area contributed by atoms with Crippen LogP contribution in [0.25, 0.3) is 22.8 Å². The van der Waals surface area contributed by atoms with E-state index in [2.05, 4.69) is 37.0 Å². The van der Waals surface area contributed by atoms with Crippen molar-refractivity contribution in [1.82, 2.24) is 29.5 Å². The van der Waals surface area contributed by atoms with E-state index in [1.807, 2.05) is 24.3 Å². The lowest BCUT2D eigenvalue weighted by Crippen LogP contribution is -2.35. The van der Waals surface area contributed by atoms with Gasteiger partial charge in [0.25, 0.3) is 11.1 Å². The number of anilines is 1. The first-order valence-electron chi connectivity index (χ1n) is 12.1. The Labute approximate surface area is 211 Å². The van der Waals surface area contributed by atoms with E-state index in [-0.39, 0.29) is 11.6 Å². The van der Waals surface area contributed by atoms with Crippen molar-refractivity contribution in [3.05, 3.63) is 85.9 Å². The van der Waals surface area contributed by atoms with Crippen molar-refractivity contribution in [3.63, 3.8) is 0 Å². The Hall–Kier alpha value is -3.85. The van der Waals surface area contributed by atoms with E-state index in [0.717, 1.165) is 31.4 Å². The number of hydrogen-bond acceptors (Lipinski definition) is 7. The van der Waals surface area contributed by atoms with Crippen molar-refractivity contribution in [3.8, 4) is 0 Å². The molecule has 2 aliphatic carbocycles. The first-order chi connectivity index (χ1) is 17.6. The third-order valence-electron chi connectivity index (χ3n) is 6.86. The van der Waals surface area contributed by atoms with Crippen molar-refractivity contribution < 1.29 is 0 Å². The number of hydrogen-bond donors (Lipinski definition) is 1. The van der Waals surface area contributed by atoms with Gasteiger partial charge in [0.2, 0.25) is 0 Å². The fourth-order valence-corrected chi connectivity index (χ4v) is 5.35. The fraction of sp³-hybridized carbons (Fsp3) is 0.308. The van der Waals surface area contributed by atoms with Crippen molar-refractivity contribution in [1.29, 1.82) is 0 Å². The summed E-state index contributed by atoms with van der Waals surface area (Å²) in [7, 11) is 0. The Kier molecular flexibility index (Phi) is 5.85. The minimum Gasteiger partial charge on any atom is -0.346 e. The van der Waals surface area contributed by atoms with Crippen LogP contribution >= 0.6 is 11.6 Å². The van der Waals surface area contributed by atoms with Crippen molar-refractivity contribution in [2.24, 2.45) is 0 Å². The number of nitrogens with zero attached hydrogens (tertiary/aromatic N) is 6. The second-order valence-corrected chi connectivity index (χ2v) is 9.52. The van der Waals surface area contributed by atoms with Crippen LogP contribution in [-0.4, -0.2) is 36.0 Å². The molecule has 1 unspecified atom stereocenters. The van der Waals surface area contributed by atoms with Crippen LogP contribution in [0.1, 0.15) is 55.2 Å². The van der Waals surface area contributed by atoms with E-state index in [1.165, 1.54) is 12.7 Å². The summed E-state index contributed by atoms with van der Waals surface area (Å²) in [5, 5.41) is 1.05. The van der Waals surface area contributed by atoms with Crippen molar-refractivity contribution in [2.45, 2.75) is 44.6 Å². The van der Waals surface area contributed by atoms with E-state index in [9.17, 15) is 9.59 Å². The molecule has 0 aromatic carbocycles. The molecule has 10 heteroatoms. The largest absolute Gasteiger partial charge is 0.346 e. The Morgan fingerprint density at radius 3 is 2.86 bits per heavy atom. The van der Waals surface area contributed by atoms with Crippen LogP contribution in [0.3, 0.4) is 0 Å². The lowest BCUT2D eigenvalue weighted by Gasteiger charge is -2.29. The SMILES string of the molecule is O=c1nc[nH]c2ncnc(N3CCCC3c3nc4c(c(=O)n3C3=CCCC=C3)CC/C(Cl)=C\C=C/4)c12. The van der Waals surface area contributed by atoms with Gasteiger partial charge in [-0.15, -0.1) is 0 Å². The molecule has 3 aliphatic rings. The molecule has 1 N–H and O–H groups in total. The number of rotatable bonds is 3. The predicted octanol–water partition coefficient (Wildman–Crippen LogP) is 3.88. The first kappa shape index (κ1) is 22.6. The summed E-state index contributed by atoms with van der Waals surface area (Å²) < 4.78 is 1.75. The van der Waals surface area contributed by atoms with E-state index >= 15 is 0 Å². The maximum atomic E-state index is 14.0. The standard InChI is InChI=1S/C26H24ClN7O2/c27-16-6-4-9-19-18(12-11-16)26(36)34(17-7-2-1-3-8-17)23(32-19)20-10-5-13-33(20)24-21-22(28-14-30-24)29-15-31-25(21)35/h2,4,6-9,14-15,20H,1,3,5,10-13H2,(H,28,29,30,31,35)/b9-4-,16-6+. The monoisotopic (exact) mass is 501 g/mol. The molecule has 182 valence electrons. The molecule has 0 amide bonds. The molecule has 1 atom stereocenters. The normalized spacial score (nSPS) is 21.9. The van der Waals surface area contributed by atoms with Crippen molar-refractivity contribution in [2.75, 3.05) is 11.4 Å². The molecule has 3 aromatic heterocycles. The number of fused-ring (bicyclic) bond motifs is 2. The molecule has 0 saturated carbocycles. The highest BCUT2D eigenvalue weighted by Gasteiger charge is 2.34. The van der Waals surface area contributed by atoms with Gasteiger partial charge in [0, 0.05) is 22.8 Å². The van der Waals surface area contributed by atoms with E-state index in [1.54, 1.807) is 4.57 Å². The average Bonchev–Trinajstić information content (AvgIpc) is 3.37. The van der Waals surface area contributed by atoms with Gasteiger partial charge in [0.1, 0.15) is 29.0 Å². The highest BCUT2D eigenvalue weighted by Crippen LogP contribution is 2.37. The van der Waals surface area contributed by atoms with Crippen LogP contribution in [-0.2, 0) is 6.42 Å². The molecule has 1 fully saturated rings. The molecule has 0 radical (unpaired) electrons. The maximum Gasteiger partial charge on any atom is 0.285 e. The Bertz CT molecular complexity index is 1590. The highest BCUT2D eigenvalue weighted by molar-refractivity contribution is 6.29. The average molecular weight is 502 g/mol. The maximum absolute atomic E-state index is 14.0. The zero-order chi connectivity index (χ0) is 24.6. The second-order valence-electron chi connectivity index (χ2n) is 9.04. The molecule has 1 saturated heterocycles. The topological polar surface area (TPSA) is 110 Å². The highest BCUT2D eigenvalue weighted by atomic mass is 35.5. The fourth-order valence-electron chi connectivity index (χ4n) is 5.18. The van der Waals surface area contributed by atoms with Gasteiger partial charge < -0.3 is 9.88 Å². The number of allylic oxidation sites excluding steroid dienone is 7. The lowest BCUT2D eigenvalue weighted by atomic mass is 10.0. The van der Waals surface area contributed by atoms with E-state index in [4.69, 9.17) is 16.6 Å². The summed E-state index contributed by atoms with van der Waals surface area (Å²) in [5.41, 5.74) is 2.09. The van der Waals surface area contributed by atoms with Crippen LogP contribution < -0.4 is 16.0 Å². The smallest absolute Gasteiger partial charge is 0.285 e. The quantitative estimate of drug-likeness (QED) is 0.579. The predicted molar refractivity (Wildman–Crippen MR) is 140 cm³/mol. The van der Waals surface area contributed by atoms with Crippen molar-refractivity contribution >= 4 is 40.2 Å². The third kappa shape index (κ3) is 3.89. The third-order valence-corrected chi connectivity index (χ3v) is 7.18. The molecule has 9 nitrogen and oxygen atoms in total. The molecule has 0 bridgehead atoms. The molecule has 1 aliphatic heterocycles. The summed E-state index contributed by atoms with van der Waals surface area (Å²) in [4.78, 5) is 49.4. The lowest BCUT2D eigenvalue weighted by molar-refractivity contribution is 0.625. The molecule has 36 heavy (non-hydrogen) atoms. The molecule has 4 heterocycles. The summed E-state index contributed by atoms with van der Waals surface area (Å²) in [6.07, 6.45) is 19.0. The van der Waals surface area contributed by atoms with E-state index < -0.39 is 5.56 Å². The van der Waals surface area contributed by atoms with Gasteiger partial charge in [-0.05, 0) is 56.8 Å². The molecule has 3 aromatic rings. The number of aromatic amines is 1. The summed E-state index contributed by atoms with van der Waals surface area (Å²) >= 11 is 6.29. The van der Waals surface area contributed by atoms with Crippen LogP contribution in [0, 0.1) is 0 Å². The Morgan fingerprint density at radius 2 is 2.00 bits per heavy atom. The Morgan fingerprint density at radius 1 is 1.08 bits per heavy atom. The number of halogens is 1. The minimum absolute atomic E-state index is 0.0808. The molecule has 6 rings (SSSR count). The summed E-state index contributed by atoms with van der Waals surface area (Å²) in [5.74, 6) is 1.14. The van der Waals surface area contributed by atoms with Crippen LogP contribution in [0.4, 0.5) is 5.82 Å². The van der Waals surface area contributed by atoms with Gasteiger partial charge in [-0.2, -0.15) is 4.98 Å². The van der Waals surface area contributed by atoms with Gasteiger partial charge in [-0.1, -0.05) is 29.8 Å². The Balaban J connectivity index is 1.57. The zero-order valence-corrected chi connectivity index (χ0v) is 20.3. The van der Waals surface area contributed by atoms with Crippen LogP contribution in [0.5, 0.6) is 0 Å². The van der Waals surface area contributed by atoms with Gasteiger partial charge in [0.05, 0.1) is 18.1 Å². The number of H-pyrrole nitrogens is 1. The molecular formula is C26H24ClN7O2. The summed E-state index contributed by atoms with van der Waals surface area (Å²) in [6.45, 7) is 0.668. The number of nitrogens with one attached hydrogen (secondary N) is 1. The van der Waals surface area contributed by atoms with Gasteiger partial charge in [0.15, 0.2) is 0 Å². The summed E-state index contributed by atoms with van der Waals surface area (Å²) in [6, 6.07) is -0.255. The molecule has 0 spiro atoms. The number of aromatic nitrogens is 6. The van der Waals surface area contributed by atoms with Gasteiger partial charge >= 0.3 is 0 Å². The molecular weight excluding hydrogens is 478 g/mol. The van der Waals surface area contributed by atoms with Gasteiger partial charge in [-0.25, -0.2) is 15.0 Å². The zero-order valence-electron chi connectivity index (χ0n) is 19.5. The van der Waals surface area contributed by atoms with Crippen LogP contribution in [0.15, 0.2) is 57.7 Å². The first-order valence-corrected chi connectivity index (χ1v) is 12.5. The van der Waals surface area contributed by atoms with E-state index in [0.29, 0.717) is 58.4 Å². The second kappa shape index (κ2) is 9.31. The van der Waals surface area contributed by atoms with Gasteiger partial charge in [-0.3, -0.25) is 14.2 Å². The minimum atomic E-state index is -0.391.